The number of fused-ring (bicyclic) bond motifs is 1. The first-order valence-corrected chi connectivity index (χ1v) is 10.9. The molecule has 2 N–H and O–H groups in total. The zero-order valence-electron chi connectivity index (χ0n) is 18.3. The monoisotopic (exact) mass is 452 g/mol. The summed E-state index contributed by atoms with van der Waals surface area (Å²) in [5, 5.41) is 5.01. The molecular formula is C24H25FN4O4. The van der Waals surface area contributed by atoms with Gasteiger partial charge in [0.25, 0.3) is 11.5 Å². The van der Waals surface area contributed by atoms with E-state index in [-0.39, 0.29) is 11.3 Å². The van der Waals surface area contributed by atoms with Gasteiger partial charge in [0.15, 0.2) is 5.69 Å². The van der Waals surface area contributed by atoms with Gasteiger partial charge < -0.3 is 4.74 Å². The fourth-order valence-corrected chi connectivity index (χ4v) is 4.21. The predicted octanol–water partition coefficient (Wildman–Crippen LogP) is 2.46. The van der Waals surface area contributed by atoms with Crippen LogP contribution in [0.3, 0.4) is 0 Å². The molecule has 0 spiro atoms. The minimum Gasteiger partial charge on any atom is -0.381 e. The maximum atomic E-state index is 13.9. The average molecular weight is 452 g/mol. The van der Waals surface area contributed by atoms with E-state index in [1.54, 1.807) is 36.4 Å². The number of amides is 2. The molecule has 0 atom stereocenters. The minimum atomic E-state index is -1.04. The molecule has 1 aromatic heterocycles. The molecule has 1 saturated heterocycles. The number of aryl methyl sites for hydroxylation is 1. The van der Waals surface area contributed by atoms with Crippen LogP contribution in [0.25, 0.3) is 10.8 Å². The van der Waals surface area contributed by atoms with Gasteiger partial charge in [-0.1, -0.05) is 37.3 Å². The number of nitrogens with one attached hydrogen (secondary N) is 2. The fraction of sp³-hybridized carbons (Fsp3) is 0.333. The number of benzene rings is 2. The summed E-state index contributed by atoms with van der Waals surface area (Å²) in [6.45, 7) is 2.94. The quantitative estimate of drug-likeness (QED) is 0.579. The van der Waals surface area contributed by atoms with Crippen molar-refractivity contribution in [3.63, 3.8) is 0 Å². The molecule has 2 amide bonds. The molecule has 0 radical (unpaired) electrons. The second-order valence-corrected chi connectivity index (χ2v) is 8.04. The second-order valence-electron chi connectivity index (χ2n) is 8.04. The van der Waals surface area contributed by atoms with Gasteiger partial charge in [-0.3, -0.25) is 25.2 Å². The molecule has 2 heterocycles. The maximum Gasteiger partial charge on any atom is 0.290 e. The van der Waals surface area contributed by atoms with Crippen LogP contribution in [0.5, 0.6) is 0 Å². The average Bonchev–Trinajstić information content (AvgIpc) is 2.84. The van der Waals surface area contributed by atoms with Gasteiger partial charge in [0.05, 0.1) is 10.8 Å². The zero-order chi connectivity index (χ0) is 23.4. The van der Waals surface area contributed by atoms with Gasteiger partial charge >= 0.3 is 0 Å². The van der Waals surface area contributed by atoms with Crippen molar-refractivity contribution in [3.8, 4) is 0 Å². The molecule has 3 aromatic rings. The van der Waals surface area contributed by atoms with Crippen LogP contribution < -0.4 is 16.4 Å². The Balaban J connectivity index is 1.62. The smallest absolute Gasteiger partial charge is 0.290 e. The molecule has 1 aliphatic heterocycles. The summed E-state index contributed by atoms with van der Waals surface area (Å²) in [5.74, 6) is -1.55. The highest BCUT2D eigenvalue weighted by Crippen LogP contribution is 2.35. The first-order chi connectivity index (χ1) is 16.0. The molecule has 1 aliphatic rings. The van der Waals surface area contributed by atoms with Gasteiger partial charge in [-0.05, 0) is 43.0 Å². The van der Waals surface area contributed by atoms with Crippen molar-refractivity contribution in [3.05, 3.63) is 76.0 Å². The van der Waals surface area contributed by atoms with E-state index in [0.29, 0.717) is 55.4 Å². The number of halogens is 1. The fourth-order valence-electron chi connectivity index (χ4n) is 4.21. The predicted molar refractivity (Wildman–Crippen MR) is 120 cm³/mol. The molecule has 2 aromatic carbocycles. The number of rotatable bonds is 5. The largest absolute Gasteiger partial charge is 0.381 e. The zero-order valence-corrected chi connectivity index (χ0v) is 18.3. The number of hydrazine groups is 1. The summed E-state index contributed by atoms with van der Waals surface area (Å²) >= 11 is 0. The standard InChI is InChI=1S/C24H25FN4O4/c1-2-12-29-22(31)19-9-4-3-8-18(19)20(28-29)21(30)26-27-23(32)24(10-13-33-14-11-24)16-6-5-7-17(25)15-16/h3-9,15H,2,10-14H2,1H3,(H,26,30)(H,27,32). The molecule has 4 rings (SSSR count). The number of aromatic nitrogens is 2. The van der Waals surface area contributed by atoms with E-state index in [4.69, 9.17) is 4.74 Å². The Morgan fingerprint density at radius 2 is 1.82 bits per heavy atom. The van der Waals surface area contributed by atoms with Gasteiger partial charge in [-0.2, -0.15) is 5.10 Å². The number of hydrogen-bond donors (Lipinski definition) is 2. The number of carbonyl (C=O) groups is 2. The summed E-state index contributed by atoms with van der Waals surface area (Å²) in [6.07, 6.45) is 1.36. The molecule has 172 valence electrons. The van der Waals surface area contributed by atoms with Crippen LogP contribution in [-0.4, -0.2) is 34.8 Å². The van der Waals surface area contributed by atoms with Crippen LogP contribution in [0.2, 0.25) is 0 Å². The molecule has 1 fully saturated rings. The third-order valence-corrected chi connectivity index (χ3v) is 5.97. The number of ether oxygens (including phenoxy) is 1. The first kappa shape index (κ1) is 22.6. The van der Waals surface area contributed by atoms with Crippen molar-refractivity contribution in [2.75, 3.05) is 13.2 Å². The SMILES string of the molecule is CCCn1nc(C(=O)NNC(=O)C2(c3cccc(F)c3)CCOCC2)c2ccccc2c1=O. The van der Waals surface area contributed by atoms with Crippen molar-refractivity contribution >= 4 is 22.6 Å². The normalized spacial score (nSPS) is 15.2. The van der Waals surface area contributed by atoms with Crippen molar-refractivity contribution in [1.82, 2.24) is 20.6 Å². The van der Waals surface area contributed by atoms with E-state index in [2.05, 4.69) is 16.0 Å². The Labute approximate surface area is 189 Å². The topological polar surface area (TPSA) is 102 Å². The lowest BCUT2D eigenvalue weighted by molar-refractivity contribution is -0.131. The van der Waals surface area contributed by atoms with Gasteiger partial charge in [-0.15, -0.1) is 0 Å². The summed E-state index contributed by atoms with van der Waals surface area (Å²) in [7, 11) is 0. The lowest BCUT2D eigenvalue weighted by Gasteiger charge is -2.36. The molecule has 0 aliphatic carbocycles. The summed E-state index contributed by atoms with van der Waals surface area (Å²) in [6, 6.07) is 12.6. The number of hydrogen-bond acceptors (Lipinski definition) is 5. The highest BCUT2D eigenvalue weighted by Gasteiger charge is 2.42. The van der Waals surface area contributed by atoms with E-state index in [9.17, 15) is 18.8 Å². The highest BCUT2D eigenvalue weighted by atomic mass is 19.1. The van der Waals surface area contributed by atoms with Crippen LogP contribution in [0.1, 0.15) is 42.2 Å². The van der Waals surface area contributed by atoms with E-state index in [1.807, 2.05) is 6.92 Å². The summed E-state index contributed by atoms with van der Waals surface area (Å²) < 4.78 is 20.6. The first-order valence-electron chi connectivity index (χ1n) is 10.9. The van der Waals surface area contributed by atoms with Gasteiger partial charge in [0.2, 0.25) is 5.91 Å². The lowest BCUT2D eigenvalue weighted by atomic mass is 9.73. The maximum absolute atomic E-state index is 13.9. The third kappa shape index (κ3) is 4.36. The highest BCUT2D eigenvalue weighted by molar-refractivity contribution is 6.05. The van der Waals surface area contributed by atoms with Crippen LogP contribution >= 0.6 is 0 Å². The summed E-state index contributed by atoms with van der Waals surface area (Å²) in [5.41, 5.74) is 4.18. The van der Waals surface area contributed by atoms with E-state index >= 15 is 0 Å². The Hall–Kier alpha value is -3.59. The molecule has 9 heteroatoms. The van der Waals surface area contributed by atoms with Gasteiger partial charge in [0, 0.05) is 25.1 Å². The number of nitrogens with zero attached hydrogens (tertiary/aromatic N) is 2. The van der Waals surface area contributed by atoms with Crippen LogP contribution in [0.4, 0.5) is 4.39 Å². The minimum absolute atomic E-state index is 0.0331. The Morgan fingerprint density at radius 1 is 1.09 bits per heavy atom. The molecule has 33 heavy (non-hydrogen) atoms. The molecule has 0 unspecified atom stereocenters. The van der Waals surface area contributed by atoms with Crippen LogP contribution in [0.15, 0.2) is 53.3 Å². The summed E-state index contributed by atoms with van der Waals surface area (Å²) in [4.78, 5) is 38.9. The van der Waals surface area contributed by atoms with Crippen LogP contribution in [-0.2, 0) is 21.5 Å². The molecular weight excluding hydrogens is 427 g/mol. The lowest BCUT2D eigenvalue weighted by Crippen LogP contribution is -2.53. The number of carbonyl (C=O) groups excluding carboxylic acids is 2. The van der Waals surface area contributed by atoms with Crippen molar-refractivity contribution in [1.29, 1.82) is 0 Å². The molecule has 8 nitrogen and oxygen atoms in total. The van der Waals surface area contributed by atoms with E-state index in [1.165, 1.54) is 16.8 Å². The van der Waals surface area contributed by atoms with Crippen LogP contribution in [0, 0.1) is 5.82 Å². The van der Waals surface area contributed by atoms with Crippen molar-refractivity contribution in [2.45, 2.75) is 38.1 Å². The van der Waals surface area contributed by atoms with Crippen molar-refractivity contribution < 1.29 is 18.7 Å². The molecule has 0 bridgehead atoms. The van der Waals surface area contributed by atoms with Gasteiger partial charge in [0.1, 0.15) is 5.82 Å². The Morgan fingerprint density at radius 3 is 2.52 bits per heavy atom. The van der Waals surface area contributed by atoms with Gasteiger partial charge in [-0.25, -0.2) is 9.07 Å². The Kier molecular flexibility index (Phi) is 6.50. The molecule has 0 saturated carbocycles. The third-order valence-electron chi connectivity index (χ3n) is 5.97. The van der Waals surface area contributed by atoms with Crippen molar-refractivity contribution in [2.24, 2.45) is 0 Å². The Bertz CT molecular complexity index is 1250. The van der Waals surface area contributed by atoms with E-state index in [0.717, 1.165) is 0 Å². The van der Waals surface area contributed by atoms with E-state index < -0.39 is 23.0 Å². The second kappa shape index (κ2) is 9.50.